The molecular formula is C18H15N5O3. The first-order valence-corrected chi connectivity index (χ1v) is 7.83. The lowest BCUT2D eigenvalue weighted by Gasteiger charge is -2.06. The molecule has 4 aromatic rings. The number of benzene rings is 2. The quantitative estimate of drug-likeness (QED) is 0.547. The molecular weight excluding hydrogens is 334 g/mol. The van der Waals surface area contributed by atoms with Crippen molar-refractivity contribution in [1.82, 2.24) is 25.1 Å². The van der Waals surface area contributed by atoms with E-state index in [1.54, 1.807) is 43.3 Å². The van der Waals surface area contributed by atoms with Crippen molar-refractivity contribution < 1.29 is 14.0 Å². The molecule has 0 fully saturated rings. The van der Waals surface area contributed by atoms with E-state index >= 15 is 0 Å². The first-order valence-electron chi connectivity index (χ1n) is 7.83. The van der Waals surface area contributed by atoms with Gasteiger partial charge in [-0.25, -0.2) is 4.68 Å². The highest BCUT2D eigenvalue weighted by Gasteiger charge is 2.17. The Morgan fingerprint density at radius 3 is 2.62 bits per heavy atom. The summed E-state index contributed by atoms with van der Waals surface area (Å²) in [5.74, 6) is 1.93. The van der Waals surface area contributed by atoms with E-state index < -0.39 is 0 Å². The number of ether oxygens (including phenoxy) is 2. The normalized spacial score (nSPS) is 10.7. The molecule has 4 rings (SSSR count). The third kappa shape index (κ3) is 2.88. The lowest BCUT2D eigenvalue weighted by atomic mass is 10.2. The summed E-state index contributed by atoms with van der Waals surface area (Å²) in [6, 6.07) is 15.0. The van der Waals surface area contributed by atoms with Crippen molar-refractivity contribution in [2.45, 2.75) is 0 Å². The van der Waals surface area contributed by atoms with E-state index in [9.17, 15) is 0 Å². The van der Waals surface area contributed by atoms with Gasteiger partial charge in [0.05, 0.1) is 31.7 Å². The van der Waals surface area contributed by atoms with Gasteiger partial charge >= 0.3 is 0 Å². The van der Waals surface area contributed by atoms with Crippen LogP contribution in [0.4, 0.5) is 0 Å². The standard InChI is InChI=1S/C18H15N5O3/c1-24-13-8-9-14(16(10-13)25-2)18-19-17(21-26-18)15-11-23(22-20-15)12-6-4-3-5-7-12/h3-11H,1-2H3. The van der Waals surface area contributed by atoms with E-state index in [0.717, 1.165) is 5.69 Å². The second-order valence-electron chi connectivity index (χ2n) is 5.37. The minimum atomic E-state index is 0.328. The van der Waals surface area contributed by atoms with Gasteiger partial charge in [0.1, 0.15) is 11.5 Å². The van der Waals surface area contributed by atoms with Crippen LogP contribution in [-0.4, -0.2) is 39.4 Å². The summed E-state index contributed by atoms with van der Waals surface area (Å²) in [6.07, 6.45) is 1.75. The van der Waals surface area contributed by atoms with Crippen LogP contribution in [0.15, 0.2) is 59.3 Å². The molecule has 0 bridgehead atoms. The Balaban J connectivity index is 1.66. The largest absolute Gasteiger partial charge is 0.497 e. The van der Waals surface area contributed by atoms with Crippen molar-refractivity contribution in [1.29, 1.82) is 0 Å². The number of methoxy groups -OCH3 is 2. The number of nitrogens with zero attached hydrogens (tertiary/aromatic N) is 5. The maximum absolute atomic E-state index is 5.38. The van der Waals surface area contributed by atoms with Crippen LogP contribution in [-0.2, 0) is 0 Å². The van der Waals surface area contributed by atoms with Gasteiger partial charge in [0.2, 0.25) is 5.82 Å². The summed E-state index contributed by atoms with van der Waals surface area (Å²) in [5.41, 5.74) is 2.07. The Bertz CT molecular complexity index is 1030. The Morgan fingerprint density at radius 1 is 1.00 bits per heavy atom. The molecule has 8 nitrogen and oxygen atoms in total. The topological polar surface area (TPSA) is 88.1 Å². The SMILES string of the molecule is COc1ccc(-c2nc(-c3cn(-c4ccccc4)nn3)no2)c(OC)c1. The van der Waals surface area contributed by atoms with Gasteiger partial charge < -0.3 is 14.0 Å². The van der Waals surface area contributed by atoms with Crippen molar-refractivity contribution in [2.75, 3.05) is 14.2 Å². The molecule has 0 N–H and O–H groups in total. The van der Waals surface area contributed by atoms with Crippen LogP contribution in [0.1, 0.15) is 0 Å². The van der Waals surface area contributed by atoms with Gasteiger partial charge in [0.15, 0.2) is 5.69 Å². The fourth-order valence-corrected chi connectivity index (χ4v) is 2.49. The second kappa shape index (κ2) is 6.67. The third-order valence-corrected chi connectivity index (χ3v) is 3.81. The van der Waals surface area contributed by atoms with Crippen molar-refractivity contribution in [2.24, 2.45) is 0 Å². The van der Waals surface area contributed by atoms with Crippen LogP contribution in [0.3, 0.4) is 0 Å². The molecule has 0 unspecified atom stereocenters. The molecule has 0 spiro atoms. The fraction of sp³-hybridized carbons (Fsp3) is 0.111. The fourth-order valence-electron chi connectivity index (χ4n) is 2.49. The molecule has 2 aromatic heterocycles. The average molecular weight is 349 g/mol. The number of hydrogen-bond donors (Lipinski definition) is 0. The van der Waals surface area contributed by atoms with E-state index in [-0.39, 0.29) is 0 Å². The summed E-state index contributed by atoms with van der Waals surface area (Å²) >= 11 is 0. The molecule has 26 heavy (non-hydrogen) atoms. The van der Waals surface area contributed by atoms with Gasteiger partial charge in [0, 0.05) is 6.07 Å². The minimum Gasteiger partial charge on any atom is -0.497 e. The van der Waals surface area contributed by atoms with Crippen LogP contribution in [0.5, 0.6) is 11.5 Å². The molecule has 130 valence electrons. The molecule has 0 radical (unpaired) electrons. The highest BCUT2D eigenvalue weighted by Crippen LogP contribution is 2.33. The van der Waals surface area contributed by atoms with Gasteiger partial charge in [-0.15, -0.1) is 5.10 Å². The van der Waals surface area contributed by atoms with Gasteiger partial charge in [-0.3, -0.25) is 0 Å². The van der Waals surface area contributed by atoms with Crippen LogP contribution < -0.4 is 9.47 Å². The molecule has 0 aliphatic carbocycles. The highest BCUT2D eigenvalue weighted by molar-refractivity contribution is 5.66. The predicted octanol–water partition coefficient (Wildman–Crippen LogP) is 3.00. The van der Waals surface area contributed by atoms with Gasteiger partial charge in [-0.2, -0.15) is 4.98 Å². The molecule has 0 saturated carbocycles. The summed E-state index contributed by atoms with van der Waals surface area (Å²) < 4.78 is 17.6. The lowest BCUT2D eigenvalue weighted by molar-refractivity contribution is 0.391. The minimum absolute atomic E-state index is 0.328. The van der Waals surface area contributed by atoms with E-state index in [4.69, 9.17) is 14.0 Å². The lowest BCUT2D eigenvalue weighted by Crippen LogP contribution is -1.93. The second-order valence-corrected chi connectivity index (χ2v) is 5.37. The first kappa shape index (κ1) is 15.8. The third-order valence-electron chi connectivity index (χ3n) is 3.81. The van der Waals surface area contributed by atoms with Crippen LogP contribution in [0, 0.1) is 0 Å². The Hall–Kier alpha value is -3.68. The first-order chi connectivity index (χ1) is 12.8. The van der Waals surface area contributed by atoms with Gasteiger partial charge in [0.25, 0.3) is 5.89 Å². The Labute approximate surface area is 149 Å². The maximum Gasteiger partial charge on any atom is 0.262 e. The number of para-hydroxylation sites is 1. The predicted molar refractivity (Wildman–Crippen MR) is 93.2 cm³/mol. The van der Waals surface area contributed by atoms with E-state index in [1.165, 1.54) is 0 Å². The summed E-state index contributed by atoms with van der Waals surface area (Å²) in [6.45, 7) is 0. The molecule has 2 heterocycles. The number of rotatable bonds is 5. The van der Waals surface area contributed by atoms with Crippen LogP contribution >= 0.6 is 0 Å². The van der Waals surface area contributed by atoms with Crippen LogP contribution in [0.2, 0.25) is 0 Å². The molecule has 0 amide bonds. The Morgan fingerprint density at radius 2 is 1.85 bits per heavy atom. The monoisotopic (exact) mass is 349 g/mol. The molecule has 2 aromatic carbocycles. The summed E-state index contributed by atoms with van der Waals surface area (Å²) in [7, 11) is 3.16. The summed E-state index contributed by atoms with van der Waals surface area (Å²) in [4.78, 5) is 4.41. The van der Waals surface area contributed by atoms with Crippen molar-refractivity contribution in [3.05, 3.63) is 54.7 Å². The molecule has 8 heteroatoms. The van der Waals surface area contributed by atoms with Gasteiger partial charge in [-0.05, 0) is 24.3 Å². The zero-order chi connectivity index (χ0) is 17.9. The van der Waals surface area contributed by atoms with Crippen molar-refractivity contribution in [3.8, 4) is 40.2 Å². The highest BCUT2D eigenvalue weighted by atomic mass is 16.5. The maximum atomic E-state index is 5.38. The zero-order valence-electron chi connectivity index (χ0n) is 14.2. The zero-order valence-corrected chi connectivity index (χ0v) is 14.2. The number of aromatic nitrogens is 5. The summed E-state index contributed by atoms with van der Waals surface area (Å²) in [5, 5.41) is 12.2. The van der Waals surface area contributed by atoms with E-state index in [1.807, 2.05) is 30.3 Å². The molecule has 0 saturated heterocycles. The van der Waals surface area contributed by atoms with Crippen LogP contribution in [0.25, 0.3) is 28.7 Å². The number of hydrogen-bond acceptors (Lipinski definition) is 7. The van der Waals surface area contributed by atoms with Crippen molar-refractivity contribution in [3.63, 3.8) is 0 Å². The van der Waals surface area contributed by atoms with E-state index in [2.05, 4.69) is 20.5 Å². The Kier molecular flexibility index (Phi) is 4.06. The molecule has 0 aliphatic rings. The molecule has 0 aliphatic heterocycles. The van der Waals surface area contributed by atoms with Gasteiger partial charge in [-0.1, -0.05) is 28.6 Å². The molecule has 0 atom stereocenters. The smallest absolute Gasteiger partial charge is 0.262 e. The van der Waals surface area contributed by atoms with E-state index in [0.29, 0.717) is 34.5 Å². The average Bonchev–Trinajstić information content (AvgIpc) is 3.37. The van der Waals surface area contributed by atoms with Crippen molar-refractivity contribution >= 4 is 0 Å².